The lowest BCUT2D eigenvalue weighted by molar-refractivity contribution is -0.172. The molecule has 0 spiro atoms. The molecule has 0 saturated carbocycles. The van der Waals surface area contributed by atoms with Gasteiger partial charge in [-0.05, 0) is 31.5 Å². The Morgan fingerprint density at radius 2 is 1.91 bits per heavy atom. The Morgan fingerprint density at radius 1 is 1.36 bits per heavy atom. The van der Waals surface area contributed by atoms with Crippen LogP contribution in [0.3, 0.4) is 0 Å². The summed E-state index contributed by atoms with van der Waals surface area (Å²) in [5, 5.41) is 9.97. The number of rotatable bonds is 4. The number of allylic oxidation sites excluding steroid dienone is 1. The summed E-state index contributed by atoms with van der Waals surface area (Å²) in [6.07, 6.45) is 4.23. The summed E-state index contributed by atoms with van der Waals surface area (Å²) in [6.45, 7) is 14.6. The van der Waals surface area contributed by atoms with Gasteiger partial charge in [0.1, 0.15) is 5.41 Å². The lowest BCUT2D eigenvalue weighted by Gasteiger charge is -2.51. The van der Waals surface area contributed by atoms with Crippen molar-refractivity contribution in [1.29, 1.82) is 0 Å². The number of esters is 1. The van der Waals surface area contributed by atoms with Gasteiger partial charge in [0.25, 0.3) is 0 Å². The minimum absolute atomic E-state index is 0.0466. The molecule has 3 unspecified atom stereocenters. The molecule has 0 heterocycles. The van der Waals surface area contributed by atoms with Crippen molar-refractivity contribution in [2.75, 3.05) is 13.7 Å². The Morgan fingerprint density at radius 3 is 2.32 bits per heavy atom. The van der Waals surface area contributed by atoms with Gasteiger partial charge in [-0.3, -0.25) is 4.79 Å². The molecular formula is C17H32O4Si. The molecule has 0 saturated heterocycles. The normalized spacial score (nSPS) is 32.9. The highest BCUT2D eigenvalue weighted by molar-refractivity contribution is 6.74. The molecule has 0 aromatic carbocycles. The molecule has 1 N–H and O–H groups in total. The molecule has 0 aromatic rings. The molecule has 3 atom stereocenters. The second-order valence-corrected chi connectivity index (χ2v) is 13.1. The Balaban J connectivity index is 3.30. The van der Waals surface area contributed by atoms with E-state index in [1.807, 2.05) is 26.0 Å². The molecule has 1 rings (SSSR count). The third-order valence-corrected chi connectivity index (χ3v) is 10.3. The van der Waals surface area contributed by atoms with Crippen LogP contribution in [0, 0.1) is 10.8 Å². The number of carbonyl (C=O) groups is 1. The number of carbonyl (C=O) groups excluding carboxylic acids is 1. The first-order chi connectivity index (χ1) is 9.85. The van der Waals surface area contributed by atoms with Gasteiger partial charge in [0.05, 0.1) is 13.2 Å². The van der Waals surface area contributed by atoms with E-state index in [4.69, 9.17) is 9.16 Å². The summed E-state index contributed by atoms with van der Waals surface area (Å²) in [5.41, 5.74) is -1.50. The summed E-state index contributed by atoms with van der Waals surface area (Å²) in [5.74, 6) is -0.322. The van der Waals surface area contributed by atoms with Gasteiger partial charge in [-0.15, -0.1) is 0 Å². The van der Waals surface area contributed by atoms with Crippen molar-refractivity contribution in [3.63, 3.8) is 0 Å². The quantitative estimate of drug-likeness (QED) is 0.487. The van der Waals surface area contributed by atoms with Gasteiger partial charge in [0.15, 0.2) is 8.32 Å². The lowest BCUT2D eigenvalue weighted by Crippen LogP contribution is -2.59. The average molecular weight is 329 g/mol. The predicted molar refractivity (Wildman–Crippen MR) is 91.1 cm³/mol. The molecular weight excluding hydrogens is 296 g/mol. The molecule has 0 bridgehead atoms. The fraction of sp³-hybridized carbons (Fsp3) is 0.824. The molecule has 1 aliphatic rings. The van der Waals surface area contributed by atoms with E-state index < -0.39 is 19.1 Å². The zero-order chi connectivity index (χ0) is 17.4. The number of ether oxygens (including phenoxy) is 1. The zero-order valence-electron chi connectivity index (χ0n) is 15.3. The van der Waals surface area contributed by atoms with Crippen LogP contribution >= 0.6 is 0 Å². The lowest BCUT2D eigenvalue weighted by atomic mass is 9.58. The second kappa shape index (κ2) is 6.10. The summed E-state index contributed by atoms with van der Waals surface area (Å²) in [4.78, 5) is 12.6. The molecule has 0 amide bonds. The fourth-order valence-electron chi connectivity index (χ4n) is 2.65. The second-order valence-electron chi connectivity index (χ2n) is 8.34. The van der Waals surface area contributed by atoms with Crippen molar-refractivity contribution < 1.29 is 19.1 Å². The molecule has 0 aromatic heterocycles. The number of hydrogen-bond acceptors (Lipinski definition) is 4. The molecule has 5 heteroatoms. The first kappa shape index (κ1) is 19.4. The Bertz CT molecular complexity index is 452. The maximum absolute atomic E-state index is 12.6. The van der Waals surface area contributed by atoms with E-state index in [1.165, 1.54) is 7.11 Å². The number of aliphatic hydroxyl groups excluding tert-OH is 1. The standard InChI is InChI=1S/C17H32O4Si/c1-15(2,3)22(7,8)21-13-10-9-11-16(4,12-18)17(13,5)14(19)20-6/h9-10,13,18H,11-12H2,1-8H3. The summed E-state index contributed by atoms with van der Waals surface area (Å²) in [6, 6.07) is 0. The van der Waals surface area contributed by atoms with Crippen LogP contribution in [0.15, 0.2) is 12.2 Å². The van der Waals surface area contributed by atoms with Crippen molar-refractivity contribution >= 4 is 14.3 Å². The SMILES string of the molecule is COC(=O)C1(C)C(O[Si](C)(C)C(C)(C)C)C=CCC1(C)CO. The predicted octanol–water partition coefficient (Wildman–Crippen LogP) is 3.51. The Labute approximate surface area is 136 Å². The molecule has 0 fully saturated rings. The van der Waals surface area contributed by atoms with E-state index in [2.05, 4.69) is 33.9 Å². The highest BCUT2D eigenvalue weighted by atomic mass is 28.4. The average Bonchev–Trinajstić information content (AvgIpc) is 2.41. The summed E-state index contributed by atoms with van der Waals surface area (Å²) in [7, 11) is -0.660. The minimum atomic E-state index is -2.06. The molecule has 128 valence electrons. The molecule has 0 aliphatic heterocycles. The van der Waals surface area contributed by atoms with E-state index in [-0.39, 0.29) is 23.7 Å². The highest BCUT2D eigenvalue weighted by Gasteiger charge is 2.58. The van der Waals surface area contributed by atoms with Crippen LogP contribution in [0.5, 0.6) is 0 Å². The van der Waals surface area contributed by atoms with E-state index >= 15 is 0 Å². The Kier molecular flexibility index (Phi) is 5.37. The molecule has 4 nitrogen and oxygen atoms in total. The fourth-order valence-corrected chi connectivity index (χ4v) is 3.96. The van der Waals surface area contributed by atoms with Crippen molar-refractivity contribution in [3.8, 4) is 0 Å². The van der Waals surface area contributed by atoms with E-state index in [1.54, 1.807) is 0 Å². The van der Waals surface area contributed by atoms with E-state index in [0.29, 0.717) is 6.42 Å². The van der Waals surface area contributed by atoms with Crippen LogP contribution < -0.4 is 0 Å². The van der Waals surface area contributed by atoms with Gasteiger partial charge < -0.3 is 14.3 Å². The molecule has 1 aliphatic carbocycles. The van der Waals surface area contributed by atoms with Crippen LogP contribution in [0.1, 0.15) is 41.0 Å². The third-order valence-electron chi connectivity index (χ3n) is 5.89. The smallest absolute Gasteiger partial charge is 0.315 e. The van der Waals surface area contributed by atoms with Crippen molar-refractivity contribution in [2.24, 2.45) is 10.8 Å². The largest absolute Gasteiger partial charge is 0.468 e. The number of hydrogen-bond donors (Lipinski definition) is 1. The van der Waals surface area contributed by atoms with E-state index in [9.17, 15) is 9.90 Å². The van der Waals surface area contributed by atoms with Crippen LogP contribution in [0.25, 0.3) is 0 Å². The summed E-state index contributed by atoms with van der Waals surface area (Å²) < 4.78 is 11.6. The monoisotopic (exact) mass is 328 g/mol. The van der Waals surface area contributed by atoms with Gasteiger partial charge in [0, 0.05) is 12.0 Å². The summed E-state index contributed by atoms with van der Waals surface area (Å²) >= 11 is 0. The number of aliphatic hydroxyl groups is 1. The van der Waals surface area contributed by atoms with Crippen LogP contribution in [-0.2, 0) is 14.0 Å². The van der Waals surface area contributed by atoms with Crippen molar-refractivity contribution in [1.82, 2.24) is 0 Å². The maximum Gasteiger partial charge on any atom is 0.315 e. The van der Waals surface area contributed by atoms with Crippen molar-refractivity contribution in [2.45, 2.75) is 65.3 Å². The molecule has 0 radical (unpaired) electrons. The van der Waals surface area contributed by atoms with Gasteiger partial charge in [0.2, 0.25) is 0 Å². The first-order valence-corrected chi connectivity index (χ1v) is 10.8. The highest BCUT2D eigenvalue weighted by Crippen LogP contribution is 2.51. The van der Waals surface area contributed by atoms with E-state index in [0.717, 1.165) is 0 Å². The number of methoxy groups -OCH3 is 1. The Hall–Kier alpha value is -0.653. The van der Waals surface area contributed by atoms with Crippen LogP contribution in [0.2, 0.25) is 18.1 Å². The van der Waals surface area contributed by atoms with Crippen LogP contribution in [-0.4, -0.2) is 39.2 Å². The van der Waals surface area contributed by atoms with Crippen LogP contribution in [0.4, 0.5) is 0 Å². The van der Waals surface area contributed by atoms with Gasteiger partial charge >= 0.3 is 5.97 Å². The topological polar surface area (TPSA) is 55.8 Å². The third kappa shape index (κ3) is 3.03. The molecule has 22 heavy (non-hydrogen) atoms. The minimum Gasteiger partial charge on any atom is -0.468 e. The zero-order valence-corrected chi connectivity index (χ0v) is 16.3. The first-order valence-electron chi connectivity index (χ1n) is 7.89. The van der Waals surface area contributed by atoms with Gasteiger partial charge in [-0.1, -0.05) is 39.8 Å². The van der Waals surface area contributed by atoms with Gasteiger partial charge in [-0.2, -0.15) is 0 Å². The van der Waals surface area contributed by atoms with Gasteiger partial charge in [-0.25, -0.2) is 0 Å². The van der Waals surface area contributed by atoms with Crippen molar-refractivity contribution in [3.05, 3.63) is 12.2 Å². The maximum atomic E-state index is 12.6.